The van der Waals surface area contributed by atoms with E-state index in [4.69, 9.17) is 4.74 Å². The summed E-state index contributed by atoms with van der Waals surface area (Å²) in [6.45, 7) is 9.76. The molecule has 20 heavy (non-hydrogen) atoms. The lowest BCUT2D eigenvalue weighted by Gasteiger charge is -2.27. The molecule has 2 heteroatoms. The molecule has 0 atom stereocenters. The first-order valence-corrected chi connectivity index (χ1v) is 8.05. The van der Waals surface area contributed by atoms with E-state index in [1.807, 2.05) is 0 Å². The smallest absolute Gasteiger partial charge is 0.120 e. The van der Waals surface area contributed by atoms with Gasteiger partial charge in [-0.05, 0) is 69.2 Å². The molecule has 0 saturated heterocycles. The molecule has 1 aromatic rings. The van der Waals surface area contributed by atoms with Crippen molar-refractivity contribution >= 4 is 5.69 Å². The third kappa shape index (κ3) is 4.43. The predicted molar refractivity (Wildman–Crippen MR) is 86.6 cm³/mol. The van der Waals surface area contributed by atoms with Gasteiger partial charge in [0.25, 0.3) is 0 Å². The molecule has 0 heterocycles. The Morgan fingerprint density at radius 2 is 1.90 bits per heavy atom. The van der Waals surface area contributed by atoms with Gasteiger partial charge in [-0.25, -0.2) is 0 Å². The van der Waals surface area contributed by atoms with Gasteiger partial charge in [-0.1, -0.05) is 19.8 Å². The Morgan fingerprint density at radius 3 is 2.50 bits per heavy atom. The van der Waals surface area contributed by atoms with Gasteiger partial charge in [-0.15, -0.1) is 0 Å². The van der Waals surface area contributed by atoms with Crippen LogP contribution in [0.2, 0.25) is 0 Å². The topological polar surface area (TPSA) is 21.3 Å². The molecule has 1 aromatic carbocycles. The molecule has 1 N–H and O–H groups in total. The van der Waals surface area contributed by atoms with Crippen LogP contribution < -0.4 is 10.1 Å². The van der Waals surface area contributed by atoms with Crippen molar-refractivity contribution in [2.45, 2.75) is 59.5 Å². The fourth-order valence-corrected chi connectivity index (χ4v) is 2.97. The van der Waals surface area contributed by atoms with Crippen molar-refractivity contribution in [1.29, 1.82) is 0 Å². The van der Waals surface area contributed by atoms with Crippen LogP contribution in [0.3, 0.4) is 0 Å². The first kappa shape index (κ1) is 15.2. The first-order chi connectivity index (χ1) is 9.54. The molecule has 1 fully saturated rings. The van der Waals surface area contributed by atoms with Crippen LogP contribution >= 0.6 is 0 Å². The van der Waals surface area contributed by atoms with Gasteiger partial charge >= 0.3 is 0 Å². The van der Waals surface area contributed by atoms with Crippen molar-refractivity contribution in [2.24, 2.45) is 11.8 Å². The molecule has 0 amide bonds. The molecule has 0 unspecified atom stereocenters. The van der Waals surface area contributed by atoms with Crippen LogP contribution in [0.1, 0.15) is 52.0 Å². The highest BCUT2D eigenvalue weighted by molar-refractivity contribution is 5.53. The largest absolute Gasteiger partial charge is 0.491 e. The summed E-state index contributed by atoms with van der Waals surface area (Å²) >= 11 is 0. The van der Waals surface area contributed by atoms with Crippen LogP contribution in [0.25, 0.3) is 0 Å². The maximum absolute atomic E-state index is 5.73. The molecular weight excluding hydrogens is 246 g/mol. The quantitative estimate of drug-likeness (QED) is 0.814. The van der Waals surface area contributed by atoms with Crippen molar-refractivity contribution < 1.29 is 4.74 Å². The maximum atomic E-state index is 5.73. The Morgan fingerprint density at radius 1 is 1.20 bits per heavy atom. The van der Waals surface area contributed by atoms with E-state index in [2.05, 4.69) is 51.2 Å². The van der Waals surface area contributed by atoms with Crippen LogP contribution in [0.5, 0.6) is 5.75 Å². The summed E-state index contributed by atoms with van der Waals surface area (Å²) in [5, 5.41) is 3.62. The summed E-state index contributed by atoms with van der Waals surface area (Å²) in [4.78, 5) is 0. The Bertz CT molecular complexity index is 419. The van der Waals surface area contributed by atoms with Crippen LogP contribution in [-0.2, 0) is 0 Å². The minimum atomic E-state index is 0.234. The summed E-state index contributed by atoms with van der Waals surface area (Å²) in [6, 6.07) is 6.35. The zero-order chi connectivity index (χ0) is 14.5. The number of aryl methyl sites for hydroxylation is 1. The fourth-order valence-electron chi connectivity index (χ4n) is 2.97. The maximum Gasteiger partial charge on any atom is 0.120 e. The molecule has 0 radical (unpaired) electrons. The Hall–Kier alpha value is -1.18. The van der Waals surface area contributed by atoms with Gasteiger partial charge < -0.3 is 10.1 Å². The van der Waals surface area contributed by atoms with Crippen LogP contribution in [0.15, 0.2) is 18.2 Å². The average molecular weight is 275 g/mol. The third-order valence-corrected chi connectivity index (χ3v) is 4.29. The summed E-state index contributed by atoms with van der Waals surface area (Å²) in [5.41, 5.74) is 2.52. The minimum absolute atomic E-state index is 0.234. The summed E-state index contributed by atoms with van der Waals surface area (Å²) < 4.78 is 5.73. The van der Waals surface area contributed by atoms with E-state index in [-0.39, 0.29) is 6.10 Å². The molecule has 0 bridgehead atoms. The molecule has 112 valence electrons. The number of hydrogen-bond donors (Lipinski definition) is 1. The van der Waals surface area contributed by atoms with Gasteiger partial charge in [-0.2, -0.15) is 0 Å². The van der Waals surface area contributed by atoms with Gasteiger partial charge in [-0.3, -0.25) is 0 Å². The van der Waals surface area contributed by atoms with Gasteiger partial charge in [0.15, 0.2) is 0 Å². The molecular formula is C18H29NO. The van der Waals surface area contributed by atoms with Gasteiger partial charge in [0.2, 0.25) is 0 Å². The van der Waals surface area contributed by atoms with E-state index in [9.17, 15) is 0 Å². The molecule has 1 aliphatic rings. The van der Waals surface area contributed by atoms with Crippen molar-refractivity contribution in [3.05, 3.63) is 23.8 Å². The lowest BCUT2D eigenvalue weighted by molar-refractivity contribution is 0.242. The number of anilines is 1. The number of rotatable bonds is 5. The number of nitrogens with one attached hydrogen (secondary N) is 1. The summed E-state index contributed by atoms with van der Waals surface area (Å²) in [7, 11) is 0. The number of benzene rings is 1. The van der Waals surface area contributed by atoms with Gasteiger partial charge in [0.05, 0.1) is 6.10 Å². The zero-order valence-corrected chi connectivity index (χ0v) is 13.4. The van der Waals surface area contributed by atoms with E-state index >= 15 is 0 Å². The highest BCUT2D eigenvalue weighted by Gasteiger charge is 2.18. The second kappa shape index (κ2) is 7.01. The van der Waals surface area contributed by atoms with E-state index in [0.717, 1.165) is 24.1 Å². The van der Waals surface area contributed by atoms with E-state index in [1.165, 1.54) is 36.9 Å². The third-order valence-electron chi connectivity index (χ3n) is 4.29. The summed E-state index contributed by atoms with van der Waals surface area (Å²) in [5.74, 6) is 2.74. The average Bonchev–Trinajstić information content (AvgIpc) is 2.39. The van der Waals surface area contributed by atoms with E-state index < -0.39 is 0 Å². The normalized spacial score (nSPS) is 22.9. The molecule has 1 saturated carbocycles. The van der Waals surface area contributed by atoms with E-state index in [1.54, 1.807) is 0 Å². The Balaban J connectivity index is 1.86. The van der Waals surface area contributed by atoms with Crippen LogP contribution in [0, 0.1) is 18.8 Å². The monoisotopic (exact) mass is 275 g/mol. The lowest BCUT2D eigenvalue weighted by atomic mass is 9.83. The van der Waals surface area contributed by atoms with E-state index in [0.29, 0.717) is 0 Å². The molecule has 0 spiro atoms. The Kier molecular flexibility index (Phi) is 5.33. The highest BCUT2D eigenvalue weighted by atomic mass is 16.5. The van der Waals surface area contributed by atoms with Gasteiger partial charge in [0, 0.05) is 12.2 Å². The number of hydrogen-bond acceptors (Lipinski definition) is 2. The summed E-state index contributed by atoms with van der Waals surface area (Å²) in [6.07, 6.45) is 5.78. The number of ether oxygens (including phenoxy) is 1. The minimum Gasteiger partial charge on any atom is -0.491 e. The first-order valence-electron chi connectivity index (χ1n) is 8.05. The molecule has 0 aromatic heterocycles. The highest BCUT2D eigenvalue weighted by Crippen LogP contribution is 2.29. The molecule has 2 rings (SSSR count). The second-order valence-corrected chi connectivity index (χ2v) is 6.65. The van der Waals surface area contributed by atoms with Crippen LogP contribution in [-0.4, -0.2) is 12.6 Å². The van der Waals surface area contributed by atoms with Crippen molar-refractivity contribution in [3.8, 4) is 5.75 Å². The predicted octanol–water partition coefficient (Wildman–Crippen LogP) is 5.02. The standard InChI is InChI=1S/C18H29NO/c1-13(2)20-17-9-10-18(15(4)11-17)19-12-16-7-5-14(3)6-8-16/h9-11,13-14,16,19H,5-8,12H2,1-4H3. The zero-order valence-electron chi connectivity index (χ0n) is 13.4. The van der Waals surface area contributed by atoms with Crippen molar-refractivity contribution in [1.82, 2.24) is 0 Å². The van der Waals surface area contributed by atoms with Crippen LogP contribution in [0.4, 0.5) is 5.69 Å². The Labute approximate surface area is 123 Å². The molecule has 1 aliphatic carbocycles. The van der Waals surface area contributed by atoms with Crippen molar-refractivity contribution in [2.75, 3.05) is 11.9 Å². The molecule has 0 aliphatic heterocycles. The SMILES string of the molecule is Cc1cc(OC(C)C)ccc1NCC1CCC(C)CC1. The lowest BCUT2D eigenvalue weighted by Crippen LogP contribution is -2.20. The fraction of sp³-hybridized carbons (Fsp3) is 0.667. The second-order valence-electron chi connectivity index (χ2n) is 6.65. The molecule has 2 nitrogen and oxygen atoms in total. The van der Waals surface area contributed by atoms with Crippen molar-refractivity contribution in [3.63, 3.8) is 0 Å². The van der Waals surface area contributed by atoms with Gasteiger partial charge in [0.1, 0.15) is 5.75 Å².